The second-order valence-electron chi connectivity index (χ2n) is 6.24. The molecule has 0 radical (unpaired) electrons. The van der Waals surface area contributed by atoms with E-state index in [0.29, 0.717) is 19.1 Å². The maximum atomic E-state index is 12.5. The number of benzene rings is 1. The quantitative estimate of drug-likeness (QED) is 0.801. The van der Waals surface area contributed by atoms with Crippen molar-refractivity contribution >= 4 is 12.1 Å². The number of nitrogens with zero attached hydrogens (tertiary/aromatic N) is 1. The van der Waals surface area contributed by atoms with Gasteiger partial charge in [0.15, 0.2) is 0 Å². The summed E-state index contributed by atoms with van der Waals surface area (Å²) in [6.45, 7) is 2.94. The molecule has 1 aromatic carbocycles. The molecule has 124 valence electrons. The van der Waals surface area contributed by atoms with Crippen molar-refractivity contribution in [1.82, 2.24) is 4.90 Å². The predicted molar refractivity (Wildman–Crippen MR) is 84.6 cm³/mol. The lowest BCUT2D eigenvalue weighted by Gasteiger charge is -2.25. The zero-order valence-electron chi connectivity index (χ0n) is 13.4. The maximum Gasteiger partial charge on any atom is 0.410 e. The van der Waals surface area contributed by atoms with Crippen molar-refractivity contribution in [3.8, 4) is 0 Å². The van der Waals surface area contributed by atoms with Gasteiger partial charge in [-0.1, -0.05) is 36.8 Å². The minimum atomic E-state index is -0.481. The molecule has 1 heterocycles. The van der Waals surface area contributed by atoms with Crippen LogP contribution in [-0.2, 0) is 20.9 Å². The van der Waals surface area contributed by atoms with Gasteiger partial charge in [0.05, 0.1) is 6.61 Å². The summed E-state index contributed by atoms with van der Waals surface area (Å²) < 4.78 is 10.6. The fourth-order valence-corrected chi connectivity index (χ4v) is 3.83. The second kappa shape index (κ2) is 7.02. The zero-order valence-corrected chi connectivity index (χ0v) is 13.4. The van der Waals surface area contributed by atoms with Crippen LogP contribution in [-0.4, -0.2) is 36.2 Å². The molecule has 3 rings (SSSR count). The fraction of sp³-hybridized carbons (Fsp3) is 0.556. The Labute approximate surface area is 136 Å². The number of rotatable bonds is 4. The van der Waals surface area contributed by atoms with Crippen LogP contribution in [0.5, 0.6) is 0 Å². The van der Waals surface area contributed by atoms with Crippen molar-refractivity contribution in [2.24, 2.45) is 11.8 Å². The van der Waals surface area contributed by atoms with Crippen LogP contribution in [0.15, 0.2) is 30.3 Å². The van der Waals surface area contributed by atoms with Gasteiger partial charge in [-0.25, -0.2) is 9.59 Å². The van der Waals surface area contributed by atoms with E-state index >= 15 is 0 Å². The average Bonchev–Trinajstić information content (AvgIpc) is 3.14. The number of carbonyl (C=O) groups is 2. The number of amides is 1. The standard InChI is InChI=1S/C18H23NO4/c1-2-22-17(20)16-15-10-6-9-14(15)11-19(16)18(21)23-12-13-7-4-3-5-8-13/h3-5,7-8,14-16H,2,6,9-12H2,1H3/t14-,15-,16?/m0/s1. The first kappa shape index (κ1) is 15.8. The molecule has 1 amide bonds. The third kappa shape index (κ3) is 3.33. The number of hydrogen-bond donors (Lipinski definition) is 0. The molecule has 1 saturated heterocycles. The van der Waals surface area contributed by atoms with Crippen molar-refractivity contribution in [2.45, 2.75) is 38.8 Å². The minimum absolute atomic E-state index is 0.221. The van der Waals surface area contributed by atoms with Gasteiger partial charge in [-0.15, -0.1) is 0 Å². The zero-order chi connectivity index (χ0) is 16.2. The van der Waals surface area contributed by atoms with Crippen LogP contribution in [0.2, 0.25) is 0 Å². The van der Waals surface area contributed by atoms with Crippen LogP contribution >= 0.6 is 0 Å². The molecular weight excluding hydrogens is 294 g/mol. The number of ether oxygens (including phenoxy) is 2. The molecule has 1 aromatic rings. The highest BCUT2D eigenvalue weighted by Gasteiger charge is 2.50. The molecule has 0 N–H and O–H groups in total. The number of carbonyl (C=O) groups excluding carboxylic acids is 2. The average molecular weight is 317 g/mol. The summed E-state index contributed by atoms with van der Waals surface area (Å²) in [5.74, 6) is 0.325. The van der Waals surface area contributed by atoms with Gasteiger partial charge in [0.25, 0.3) is 0 Å². The van der Waals surface area contributed by atoms with Crippen molar-refractivity contribution in [3.63, 3.8) is 0 Å². The first-order valence-electron chi connectivity index (χ1n) is 8.34. The summed E-state index contributed by atoms with van der Waals surface area (Å²) >= 11 is 0. The summed E-state index contributed by atoms with van der Waals surface area (Å²) in [4.78, 5) is 26.3. The largest absolute Gasteiger partial charge is 0.464 e. The van der Waals surface area contributed by atoms with Gasteiger partial charge in [0, 0.05) is 6.54 Å². The number of fused-ring (bicyclic) bond motifs is 1. The van der Waals surface area contributed by atoms with E-state index in [0.717, 1.165) is 24.8 Å². The fourth-order valence-electron chi connectivity index (χ4n) is 3.83. The molecule has 2 aliphatic rings. The van der Waals surface area contributed by atoms with E-state index in [4.69, 9.17) is 9.47 Å². The molecule has 23 heavy (non-hydrogen) atoms. The second-order valence-corrected chi connectivity index (χ2v) is 6.24. The van der Waals surface area contributed by atoms with Gasteiger partial charge in [-0.05, 0) is 37.2 Å². The smallest absolute Gasteiger partial charge is 0.410 e. The number of esters is 1. The normalized spacial score (nSPS) is 26.0. The lowest BCUT2D eigenvalue weighted by Crippen LogP contribution is -2.44. The van der Waals surface area contributed by atoms with Gasteiger partial charge in [-0.3, -0.25) is 4.90 Å². The third-order valence-electron chi connectivity index (χ3n) is 4.86. The van der Waals surface area contributed by atoms with Crippen molar-refractivity contribution in [3.05, 3.63) is 35.9 Å². The van der Waals surface area contributed by atoms with Crippen LogP contribution in [0.25, 0.3) is 0 Å². The molecule has 1 aliphatic heterocycles. The molecular formula is C18H23NO4. The number of likely N-dealkylation sites (tertiary alicyclic amines) is 1. The molecule has 0 spiro atoms. The van der Waals surface area contributed by atoms with Crippen LogP contribution in [0.4, 0.5) is 4.79 Å². The van der Waals surface area contributed by atoms with Gasteiger partial charge in [-0.2, -0.15) is 0 Å². The first-order valence-corrected chi connectivity index (χ1v) is 8.34. The molecule has 2 fully saturated rings. The van der Waals surface area contributed by atoms with E-state index < -0.39 is 12.1 Å². The molecule has 0 aromatic heterocycles. The Morgan fingerprint density at radius 3 is 2.70 bits per heavy atom. The summed E-state index contributed by atoms with van der Waals surface area (Å²) in [5, 5.41) is 0. The lowest BCUT2D eigenvalue weighted by molar-refractivity contribution is -0.149. The highest BCUT2D eigenvalue weighted by molar-refractivity contribution is 5.82. The van der Waals surface area contributed by atoms with Crippen LogP contribution < -0.4 is 0 Å². The summed E-state index contributed by atoms with van der Waals surface area (Å²) in [6, 6.07) is 9.08. The van der Waals surface area contributed by atoms with Gasteiger partial charge >= 0.3 is 12.1 Å². The highest BCUT2D eigenvalue weighted by Crippen LogP contribution is 2.42. The van der Waals surface area contributed by atoms with Crippen LogP contribution in [0, 0.1) is 11.8 Å². The maximum absolute atomic E-state index is 12.5. The van der Waals surface area contributed by atoms with Crippen LogP contribution in [0.3, 0.4) is 0 Å². The van der Waals surface area contributed by atoms with E-state index in [2.05, 4.69) is 0 Å². The summed E-state index contributed by atoms with van der Waals surface area (Å²) in [6.07, 6.45) is 2.76. The van der Waals surface area contributed by atoms with Gasteiger partial charge in [0.1, 0.15) is 12.6 Å². The SMILES string of the molecule is CCOC(=O)C1[C@H]2CCC[C@H]2CN1C(=O)OCc1ccccc1. The van der Waals surface area contributed by atoms with Crippen molar-refractivity contribution in [1.29, 1.82) is 0 Å². The molecule has 1 unspecified atom stereocenters. The Morgan fingerprint density at radius 2 is 1.96 bits per heavy atom. The lowest BCUT2D eigenvalue weighted by atomic mass is 9.94. The molecule has 0 bridgehead atoms. The van der Waals surface area contributed by atoms with Gasteiger partial charge in [0.2, 0.25) is 0 Å². The monoisotopic (exact) mass is 317 g/mol. The number of hydrogen-bond acceptors (Lipinski definition) is 4. The van der Waals surface area contributed by atoms with E-state index in [1.54, 1.807) is 11.8 Å². The molecule has 1 aliphatic carbocycles. The Morgan fingerprint density at radius 1 is 1.17 bits per heavy atom. The molecule has 1 saturated carbocycles. The molecule has 3 atom stereocenters. The summed E-state index contributed by atoms with van der Waals surface area (Å²) in [7, 11) is 0. The topological polar surface area (TPSA) is 55.8 Å². The highest BCUT2D eigenvalue weighted by atomic mass is 16.6. The molecule has 5 heteroatoms. The Hall–Kier alpha value is -2.04. The van der Waals surface area contributed by atoms with E-state index in [9.17, 15) is 9.59 Å². The van der Waals surface area contributed by atoms with E-state index in [-0.39, 0.29) is 18.5 Å². The van der Waals surface area contributed by atoms with E-state index in [1.165, 1.54) is 0 Å². The van der Waals surface area contributed by atoms with E-state index in [1.807, 2.05) is 30.3 Å². The first-order chi connectivity index (χ1) is 11.2. The summed E-state index contributed by atoms with van der Waals surface area (Å²) in [5.41, 5.74) is 0.938. The Bertz CT molecular complexity index is 559. The van der Waals surface area contributed by atoms with Crippen molar-refractivity contribution in [2.75, 3.05) is 13.2 Å². The Balaban J connectivity index is 1.66. The minimum Gasteiger partial charge on any atom is -0.464 e. The third-order valence-corrected chi connectivity index (χ3v) is 4.86. The predicted octanol–water partition coefficient (Wildman–Crippen LogP) is 2.99. The molecule has 5 nitrogen and oxygen atoms in total. The van der Waals surface area contributed by atoms with Gasteiger partial charge < -0.3 is 9.47 Å². The Kier molecular flexibility index (Phi) is 4.84. The van der Waals surface area contributed by atoms with Crippen LogP contribution in [0.1, 0.15) is 31.7 Å². The van der Waals surface area contributed by atoms with Crippen molar-refractivity contribution < 1.29 is 19.1 Å².